The fourth-order valence-corrected chi connectivity index (χ4v) is 2.42. The van der Waals surface area contributed by atoms with Gasteiger partial charge < -0.3 is 20.1 Å². The highest BCUT2D eigenvalue weighted by Gasteiger charge is 2.29. The summed E-state index contributed by atoms with van der Waals surface area (Å²) in [5, 5.41) is 11.6. The van der Waals surface area contributed by atoms with Crippen molar-refractivity contribution in [3.63, 3.8) is 0 Å². The standard InChI is InChI=1S/C16H30N2O4/c1-16(2,3)22-15(21)18-10-7-13(8-11-18)14(20)17-9-5-4-6-12-19/h13,19H,4-12H2,1-3H3,(H,17,20). The van der Waals surface area contributed by atoms with Crippen molar-refractivity contribution in [2.45, 2.75) is 58.5 Å². The molecule has 1 rings (SSSR count). The zero-order valence-electron chi connectivity index (χ0n) is 14.1. The molecule has 2 amide bonds. The third kappa shape index (κ3) is 7.11. The molecule has 6 nitrogen and oxygen atoms in total. The van der Waals surface area contributed by atoms with Gasteiger partial charge in [0.05, 0.1) is 0 Å². The first-order chi connectivity index (χ1) is 10.3. The molecule has 0 saturated carbocycles. The summed E-state index contributed by atoms with van der Waals surface area (Å²) < 4.78 is 5.34. The van der Waals surface area contributed by atoms with E-state index in [-0.39, 0.29) is 24.5 Å². The summed E-state index contributed by atoms with van der Waals surface area (Å²) in [6, 6.07) is 0. The van der Waals surface area contributed by atoms with Crippen molar-refractivity contribution in [3.8, 4) is 0 Å². The Bertz CT molecular complexity index is 358. The number of nitrogens with zero attached hydrogens (tertiary/aromatic N) is 1. The van der Waals surface area contributed by atoms with E-state index in [0.717, 1.165) is 19.3 Å². The fourth-order valence-electron chi connectivity index (χ4n) is 2.42. The molecule has 0 aromatic rings. The van der Waals surface area contributed by atoms with Crippen molar-refractivity contribution < 1.29 is 19.4 Å². The third-order valence-corrected chi connectivity index (χ3v) is 3.65. The molecule has 0 aromatic carbocycles. The van der Waals surface area contributed by atoms with E-state index in [0.29, 0.717) is 32.5 Å². The Kier molecular flexibility index (Phi) is 7.65. The van der Waals surface area contributed by atoms with Gasteiger partial charge in [-0.15, -0.1) is 0 Å². The molecule has 0 radical (unpaired) electrons. The molecule has 0 bridgehead atoms. The molecule has 0 spiro atoms. The number of carbonyl (C=O) groups is 2. The first kappa shape index (κ1) is 18.7. The number of aliphatic hydroxyl groups excluding tert-OH is 1. The van der Waals surface area contributed by atoms with Crippen LogP contribution in [-0.4, -0.2) is 53.8 Å². The Morgan fingerprint density at radius 1 is 1.18 bits per heavy atom. The van der Waals surface area contributed by atoms with Crippen molar-refractivity contribution in [2.75, 3.05) is 26.2 Å². The Morgan fingerprint density at radius 3 is 2.36 bits per heavy atom. The van der Waals surface area contributed by atoms with Gasteiger partial charge in [0.25, 0.3) is 0 Å². The van der Waals surface area contributed by atoms with Crippen molar-refractivity contribution in [1.82, 2.24) is 10.2 Å². The highest BCUT2D eigenvalue weighted by Crippen LogP contribution is 2.19. The zero-order chi connectivity index (χ0) is 16.6. The normalized spacial score (nSPS) is 16.5. The number of unbranched alkanes of at least 4 members (excludes halogenated alkanes) is 2. The molecule has 6 heteroatoms. The van der Waals surface area contributed by atoms with Gasteiger partial charge in [0, 0.05) is 32.2 Å². The Balaban J connectivity index is 2.24. The number of nitrogens with one attached hydrogen (secondary N) is 1. The van der Waals surface area contributed by atoms with Gasteiger partial charge in [0.1, 0.15) is 5.60 Å². The first-order valence-corrected chi connectivity index (χ1v) is 8.20. The van der Waals surface area contributed by atoms with Gasteiger partial charge in [-0.1, -0.05) is 0 Å². The van der Waals surface area contributed by atoms with Gasteiger partial charge in [-0.3, -0.25) is 4.79 Å². The number of aliphatic hydroxyl groups is 1. The average Bonchev–Trinajstić information content (AvgIpc) is 2.45. The summed E-state index contributed by atoms with van der Waals surface area (Å²) in [6.07, 6.45) is 3.67. The van der Waals surface area contributed by atoms with E-state index in [2.05, 4.69) is 5.32 Å². The monoisotopic (exact) mass is 314 g/mol. The quantitative estimate of drug-likeness (QED) is 0.734. The van der Waals surface area contributed by atoms with E-state index in [4.69, 9.17) is 9.84 Å². The number of amides is 2. The molecular weight excluding hydrogens is 284 g/mol. The highest BCUT2D eigenvalue weighted by atomic mass is 16.6. The fraction of sp³-hybridized carbons (Fsp3) is 0.875. The van der Waals surface area contributed by atoms with Crippen LogP contribution in [0.2, 0.25) is 0 Å². The molecule has 1 saturated heterocycles. The SMILES string of the molecule is CC(C)(C)OC(=O)N1CCC(C(=O)NCCCCCO)CC1. The Hall–Kier alpha value is -1.30. The van der Waals surface area contributed by atoms with Crippen LogP contribution in [0.15, 0.2) is 0 Å². The molecule has 0 aliphatic carbocycles. The van der Waals surface area contributed by atoms with Gasteiger partial charge >= 0.3 is 6.09 Å². The van der Waals surface area contributed by atoms with Crippen LogP contribution in [0.3, 0.4) is 0 Å². The highest BCUT2D eigenvalue weighted by molar-refractivity contribution is 5.79. The lowest BCUT2D eigenvalue weighted by atomic mass is 9.96. The molecule has 0 unspecified atom stereocenters. The molecular formula is C16H30N2O4. The minimum Gasteiger partial charge on any atom is -0.444 e. The predicted octanol–water partition coefficient (Wildman–Crippen LogP) is 1.91. The minimum absolute atomic E-state index is 0.0171. The third-order valence-electron chi connectivity index (χ3n) is 3.65. The number of hydrogen-bond donors (Lipinski definition) is 2. The average molecular weight is 314 g/mol. The van der Waals surface area contributed by atoms with Gasteiger partial charge in [0.2, 0.25) is 5.91 Å². The lowest BCUT2D eigenvalue weighted by molar-refractivity contribution is -0.126. The van der Waals surface area contributed by atoms with Gasteiger partial charge in [-0.25, -0.2) is 4.79 Å². The number of carbonyl (C=O) groups excluding carboxylic acids is 2. The molecule has 1 fully saturated rings. The van der Waals surface area contributed by atoms with Crippen molar-refractivity contribution in [2.24, 2.45) is 5.92 Å². The van der Waals surface area contributed by atoms with Crippen LogP contribution in [0.25, 0.3) is 0 Å². The summed E-state index contributed by atoms with van der Waals surface area (Å²) in [5.74, 6) is 0.0596. The van der Waals surface area contributed by atoms with Gasteiger partial charge in [-0.2, -0.15) is 0 Å². The molecule has 1 heterocycles. The Morgan fingerprint density at radius 2 is 1.82 bits per heavy atom. The second-order valence-corrected chi connectivity index (χ2v) is 6.82. The molecule has 0 aromatic heterocycles. The molecule has 0 atom stereocenters. The molecule has 1 aliphatic rings. The van der Waals surface area contributed by atoms with E-state index in [1.54, 1.807) is 4.90 Å². The maximum atomic E-state index is 12.0. The maximum Gasteiger partial charge on any atom is 0.410 e. The van der Waals surface area contributed by atoms with E-state index in [1.807, 2.05) is 20.8 Å². The van der Waals surface area contributed by atoms with E-state index >= 15 is 0 Å². The smallest absolute Gasteiger partial charge is 0.410 e. The van der Waals surface area contributed by atoms with Crippen LogP contribution in [0.1, 0.15) is 52.9 Å². The minimum atomic E-state index is -0.486. The van der Waals surface area contributed by atoms with E-state index in [9.17, 15) is 9.59 Å². The van der Waals surface area contributed by atoms with E-state index in [1.165, 1.54) is 0 Å². The van der Waals surface area contributed by atoms with Crippen LogP contribution < -0.4 is 5.32 Å². The molecule has 2 N–H and O–H groups in total. The van der Waals surface area contributed by atoms with Gasteiger partial charge in [-0.05, 0) is 52.9 Å². The van der Waals surface area contributed by atoms with Crippen LogP contribution >= 0.6 is 0 Å². The number of ether oxygens (including phenoxy) is 1. The number of piperidine rings is 1. The van der Waals surface area contributed by atoms with Crippen molar-refractivity contribution in [1.29, 1.82) is 0 Å². The first-order valence-electron chi connectivity index (χ1n) is 8.20. The number of likely N-dealkylation sites (tertiary alicyclic amines) is 1. The summed E-state index contributed by atoms with van der Waals surface area (Å²) in [6.45, 7) is 7.54. The van der Waals surface area contributed by atoms with Gasteiger partial charge in [0.15, 0.2) is 0 Å². The van der Waals surface area contributed by atoms with Crippen LogP contribution in [0, 0.1) is 5.92 Å². The lowest BCUT2D eigenvalue weighted by Gasteiger charge is -2.32. The lowest BCUT2D eigenvalue weighted by Crippen LogP contribution is -2.45. The summed E-state index contributed by atoms with van der Waals surface area (Å²) >= 11 is 0. The maximum absolute atomic E-state index is 12.0. The molecule has 22 heavy (non-hydrogen) atoms. The summed E-state index contributed by atoms with van der Waals surface area (Å²) in [7, 11) is 0. The second kappa shape index (κ2) is 8.98. The summed E-state index contributed by atoms with van der Waals surface area (Å²) in [5.41, 5.74) is -0.486. The van der Waals surface area contributed by atoms with Crippen molar-refractivity contribution >= 4 is 12.0 Å². The predicted molar refractivity (Wildman–Crippen MR) is 84.5 cm³/mol. The molecule has 1 aliphatic heterocycles. The van der Waals surface area contributed by atoms with Crippen molar-refractivity contribution in [3.05, 3.63) is 0 Å². The largest absolute Gasteiger partial charge is 0.444 e. The van der Waals surface area contributed by atoms with Crippen LogP contribution in [-0.2, 0) is 9.53 Å². The van der Waals surface area contributed by atoms with E-state index < -0.39 is 5.60 Å². The second-order valence-electron chi connectivity index (χ2n) is 6.82. The molecule has 128 valence electrons. The Labute approximate surface area is 133 Å². The van der Waals surface area contributed by atoms with Crippen LogP contribution in [0.4, 0.5) is 4.79 Å². The summed E-state index contributed by atoms with van der Waals surface area (Å²) in [4.78, 5) is 25.7. The van der Waals surface area contributed by atoms with Crippen LogP contribution in [0.5, 0.6) is 0 Å². The zero-order valence-corrected chi connectivity index (χ0v) is 14.1. The topological polar surface area (TPSA) is 78.9 Å². The number of rotatable bonds is 6. The number of hydrogen-bond acceptors (Lipinski definition) is 4.